The second kappa shape index (κ2) is 11.6. The van der Waals surface area contributed by atoms with Crippen molar-refractivity contribution in [1.29, 1.82) is 0 Å². The summed E-state index contributed by atoms with van der Waals surface area (Å²) in [5, 5.41) is 23.5. The highest BCUT2D eigenvalue weighted by Gasteiger charge is 2.21. The molecule has 9 nitrogen and oxygen atoms in total. The number of hydrogen-bond donors (Lipinski definition) is 3. The third kappa shape index (κ3) is 5.99. The van der Waals surface area contributed by atoms with Crippen LogP contribution in [0.25, 0.3) is 10.8 Å². The van der Waals surface area contributed by atoms with Gasteiger partial charge in [-0.05, 0) is 54.6 Å². The van der Waals surface area contributed by atoms with Crippen molar-refractivity contribution in [3.8, 4) is 11.5 Å². The molecule has 0 aliphatic heterocycles. The quantitative estimate of drug-likeness (QED) is 0.142. The number of hydrogen-bond acceptors (Lipinski definition) is 7. The Bertz CT molecular complexity index is 1720. The van der Waals surface area contributed by atoms with Crippen LogP contribution in [-0.4, -0.2) is 30.6 Å². The molecule has 0 spiro atoms. The molecule has 0 unspecified atom stereocenters. The standard InChI is InChI=1S/C27H23Cl2N3O6S/c1-3-15-12-17(39(35,36)37)14-21(23(15)29)31-32-24-18-9-6-5-8-16(18)13-19(26(24)33)27(34)30-25-20(28)10-7-11-22(25)38-4-2/h5-14,33H,3-4H2,1-2H3,(H,30,34)(H,35,36,37). The summed E-state index contributed by atoms with van der Waals surface area (Å²) in [6, 6.07) is 15.6. The van der Waals surface area contributed by atoms with Crippen molar-refractivity contribution in [2.24, 2.45) is 10.2 Å². The number of benzene rings is 4. The largest absolute Gasteiger partial charge is 0.505 e. The van der Waals surface area contributed by atoms with Gasteiger partial charge in [-0.2, -0.15) is 8.42 Å². The Hall–Kier alpha value is -3.70. The van der Waals surface area contributed by atoms with Crippen LogP contribution in [0.5, 0.6) is 11.5 Å². The summed E-state index contributed by atoms with van der Waals surface area (Å²) in [6.45, 7) is 3.89. The minimum Gasteiger partial charge on any atom is -0.505 e. The molecule has 4 rings (SSSR count). The summed E-state index contributed by atoms with van der Waals surface area (Å²) in [6.07, 6.45) is 0.361. The average Bonchev–Trinajstić information content (AvgIpc) is 2.90. The van der Waals surface area contributed by atoms with Gasteiger partial charge in [-0.1, -0.05) is 60.5 Å². The third-order valence-electron chi connectivity index (χ3n) is 5.79. The SMILES string of the molecule is CCOc1cccc(Cl)c1NC(=O)c1cc2ccccc2c(N=Nc2cc(S(=O)(=O)O)cc(CC)c2Cl)c1O. The molecular formula is C27H23Cl2N3O6S. The van der Waals surface area contributed by atoms with Gasteiger partial charge in [0.25, 0.3) is 16.0 Å². The number of fused-ring (bicyclic) bond motifs is 1. The molecule has 0 saturated heterocycles. The third-order valence-corrected chi connectivity index (χ3v) is 7.38. The van der Waals surface area contributed by atoms with Crippen molar-refractivity contribution in [1.82, 2.24) is 0 Å². The molecule has 0 atom stereocenters. The van der Waals surface area contributed by atoms with Gasteiger partial charge in [0.1, 0.15) is 22.8 Å². The van der Waals surface area contributed by atoms with Crippen LogP contribution in [-0.2, 0) is 16.5 Å². The van der Waals surface area contributed by atoms with E-state index in [0.717, 1.165) is 6.07 Å². The van der Waals surface area contributed by atoms with E-state index in [1.54, 1.807) is 56.3 Å². The number of aromatic hydroxyl groups is 1. The van der Waals surface area contributed by atoms with Crippen LogP contribution in [0.3, 0.4) is 0 Å². The van der Waals surface area contributed by atoms with Crippen LogP contribution < -0.4 is 10.1 Å². The molecule has 0 fully saturated rings. The lowest BCUT2D eigenvalue weighted by Gasteiger charge is -2.15. The van der Waals surface area contributed by atoms with Crippen molar-refractivity contribution in [2.75, 3.05) is 11.9 Å². The van der Waals surface area contributed by atoms with Crippen molar-refractivity contribution in [3.05, 3.63) is 81.8 Å². The maximum absolute atomic E-state index is 13.3. The number of phenols is 1. The Morgan fingerprint density at radius 2 is 1.77 bits per heavy atom. The lowest BCUT2D eigenvalue weighted by atomic mass is 10.0. The lowest BCUT2D eigenvalue weighted by Crippen LogP contribution is -2.14. The zero-order valence-corrected chi connectivity index (χ0v) is 23.1. The van der Waals surface area contributed by atoms with Gasteiger partial charge in [0.15, 0.2) is 5.75 Å². The van der Waals surface area contributed by atoms with E-state index in [9.17, 15) is 22.9 Å². The molecule has 0 radical (unpaired) electrons. The van der Waals surface area contributed by atoms with Gasteiger partial charge in [-0.25, -0.2) is 0 Å². The zero-order chi connectivity index (χ0) is 28.3. The number of anilines is 1. The molecule has 0 aliphatic carbocycles. The number of nitrogens with zero attached hydrogens (tertiary/aromatic N) is 2. The number of halogens is 2. The van der Waals surface area contributed by atoms with Gasteiger partial charge in [0.2, 0.25) is 0 Å². The number of nitrogens with one attached hydrogen (secondary N) is 1. The van der Waals surface area contributed by atoms with Crippen LogP contribution in [0, 0.1) is 0 Å². The summed E-state index contributed by atoms with van der Waals surface area (Å²) in [7, 11) is -4.54. The Labute approximate surface area is 234 Å². The monoisotopic (exact) mass is 587 g/mol. The van der Waals surface area contributed by atoms with Crippen LogP contribution in [0.2, 0.25) is 10.0 Å². The van der Waals surface area contributed by atoms with Crippen molar-refractivity contribution in [3.63, 3.8) is 0 Å². The number of carbonyl (C=O) groups is 1. The number of para-hydroxylation sites is 1. The highest BCUT2D eigenvalue weighted by atomic mass is 35.5. The summed E-state index contributed by atoms with van der Waals surface area (Å²) in [4.78, 5) is 12.9. The molecule has 0 saturated carbocycles. The molecule has 3 N–H and O–H groups in total. The number of azo groups is 1. The van der Waals surface area contributed by atoms with Crippen LogP contribution >= 0.6 is 23.2 Å². The fourth-order valence-electron chi connectivity index (χ4n) is 3.90. The maximum Gasteiger partial charge on any atom is 0.294 e. The number of phenolic OH excluding ortho intramolecular Hbond substituents is 1. The second-order valence-corrected chi connectivity index (χ2v) is 10.5. The van der Waals surface area contributed by atoms with Crippen LogP contribution in [0.4, 0.5) is 17.1 Å². The lowest BCUT2D eigenvalue weighted by molar-refractivity contribution is 0.102. The predicted molar refractivity (Wildman–Crippen MR) is 151 cm³/mol. The van der Waals surface area contributed by atoms with Crippen molar-refractivity contribution in [2.45, 2.75) is 25.2 Å². The van der Waals surface area contributed by atoms with E-state index in [1.807, 2.05) is 0 Å². The van der Waals surface area contributed by atoms with E-state index in [1.165, 1.54) is 12.1 Å². The molecule has 4 aromatic rings. The first kappa shape index (κ1) is 28.3. The first-order valence-corrected chi connectivity index (χ1v) is 13.9. The minimum absolute atomic E-state index is 0.0422. The number of ether oxygens (including phenoxy) is 1. The molecule has 4 aromatic carbocycles. The first-order chi connectivity index (χ1) is 18.5. The average molecular weight is 588 g/mol. The van der Waals surface area contributed by atoms with E-state index in [0.29, 0.717) is 35.1 Å². The van der Waals surface area contributed by atoms with E-state index in [-0.39, 0.29) is 32.7 Å². The van der Waals surface area contributed by atoms with E-state index in [2.05, 4.69) is 15.5 Å². The topological polar surface area (TPSA) is 138 Å². The predicted octanol–water partition coefficient (Wildman–Crippen LogP) is 7.73. The Morgan fingerprint density at radius 1 is 1.03 bits per heavy atom. The number of rotatable bonds is 8. The molecule has 0 heterocycles. The van der Waals surface area contributed by atoms with E-state index in [4.69, 9.17) is 27.9 Å². The second-order valence-electron chi connectivity index (χ2n) is 8.29. The molecule has 0 bridgehead atoms. The summed E-state index contributed by atoms with van der Waals surface area (Å²) in [5.74, 6) is -0.792. The van der Waals surface area contributed by atoms with Gasteiger partial charge in [0.05, 0.1) is 27.1 Å². The molecule has 39 heavy (non-hydrogen) atoms. The Balaban J connectivity index is 1.84. The summed E-state index contributed by atoms with van der Waals surface area (Å²) < 4.78 is 38.6. The highest BCUT2D eigenvalue weighted by Crippen LogP contribution is 2.42. The smallest absolute Gasteiger partial charge is 0.294 e. The van der Waals surface area contributed by atoms with E-state index < -0.39 is 26.7 Å². The zero-order valence-electron chi connectivity index (χ0n) is 20.8. The molecule has 0 aliphatic rings. The molecule has 0 aromatic heterocycles. The maximum atomic E-state index is 13.3. The van der Waals surface area contributed by atoms with E-state index >= 15 is 0 Å². The van der Waals surface area contributed by atoms with Gasteiger partial charge < -0.3 is 15.2 Å². The fraction of sp³-hybridized carbons (Fsp3) is 0.148. The fourth-order valence-corrected chi connectivity index (χ4v) is 4.94. The van der Waals surface area contributed by atoms with Crippen LogP contribution in [0.1, 0.15) is 29.8 Å². The number of carbonyl (C=O) groups excluding carboxylic acids is 1. The molecule has 202 valence electrons. The molecule has 12 heteroatoms. The van der Waals surface area contributed by atoms with Gasteiger partial charge in [-0.15, -0.1) is 10.2 Å². The Kier molecular flexibility index (Phi) is 8.41. The number of aryl methyl sites for hydroxylation is 1. The van der Waals surface area contributed by atoms with Crippen molar-refractivity contribution < 1.29 is 27.6 Å². The molecular weight excluding hydrogens is 565 g/mol. The van der Waals surface area contributed by atoms with Gasteiger partial charge in [0, 0.05) is 5.39 Å². The highest BCUT2D eigenvalue weighted by molar-refractivity contribution is 7.85. The Morgan fingerprint density at radius 3 is 2.46 bits per heavy atom. The summed E-state index contributed by atoms with van der Waals surface area (Å²) >= 11 is 12.7. The summed E-state index contributed by atoms with van der Waals surface area (Å²) in [5.41, 5.74) is 0.459. The number of amides is 1. The van der Waals surface area contributed by atoms with Crippen LogP contribution in [0.15, 0.2) is 75.8 Å². The van der Waals surface area contributed by atoms with Crippen molar-refractivity contribution >= 4 is 67.1 Å². The van der Waals surface area contributed by atoms with Gasteiger partial charge in [-0.3, -0.25) is 9.35 Å². The van der Waals surface area contributed by atoms with Gasteiger partial charge >= 0.3 is 0 Å². The molecule has 1 amide bonds. The minimum atomic E-state index is -4.54. The first-order valence-electron chi connectivity index (χ1n) is 11.7. The normalized spacial score (nSPS) is 11.7.